The average Bonchev–Trinajstić information content (AvgIpc) is 2.15. The summed E-state index contributed by atoms with van der Waals surface area (Å²) in [6.07, 6.45) is 3.04. The lowest BCUT2D eigenvalue weighted by Crippen LogP contribution is -2.41. The monoisotopic (exact) mass is 240 g/mol. The smallest absolute Gasteiger partial charge is 0.243 e. The van der Waals surface area contributed by atoms with Crippen LogP contribution in [0.3, 0.4) is 0 Å². The Kier molecular flexibility index (Phi) is 2.90. The standard InChI is InChI=1S/C11H16N2O2S/c1-13(10-3-2-4-10)16(14,15)11-7-5-9(12)6-8-11/h5-8,10H,2-4,12H2,1H3. The first-order valence-corrected chi connectivity index (χ1v) is 6.79. The van der Waals surface area contributed by atoms with Crippen LogP contribution in [0.1, 0.15) is 19.3 Å². The highest BCUT2D eigenvalue weighted by Crippen LogP contribution is 2.28. The van der Waals surface area contributed by atoms with Crippen LogP contribution < -0.4 is 5.73 Å². The number of nitrogen functional groups attached to an aromatic ring is 1. The minimum Gasteiger partial charge on any atom is -0.399 e. The van der Waals surface area contributed by atoms with E-state index in [0.29, 0.717) is 10.6 Å². The second-order valence-electron chi connectivity index (χ2n) is 4.18. The van der Waals surface area contributed by atoms with Crippen LogP contribution >= 0.6 is 0 Å². The summed E-state index contributed by atoms with van der Waals surface area (Å²) in [5.41, 5.74) is 6.11. The zero-order valence-corrected chi connectivity index (χ0v) is 10.1. The summed E-state index contributed by atoms with van der Waals surface area (Å²) in [5, 5.41) is 0. The fraction of sp³-hybridized carbons (Fsp3) is 0.455. The molecule has 1 aromatic rings. The molecule has 1 aliphatic rings. The second kappa shape index (κ2) is 4.07. The zero-order valence-electron chi connectivity index (χ0n) is 9.26. The first kappa shape index (κ1) is 11.4. The molecule has 0 unspecified atom stereocenters. The highest BCUT2D eigenvalue weighted by atomic mass is 32.2. The average molecular weight is 240 g/mol. The molecule has 0 radical (unpaired) electrons. The molecule has 88 valence electrons. The summed E-state index contributed by atoms with van der Waals surface area (Å²) >= 11 is 0. The van der Waals surface area contributed by atoms with Gasteiger partial charge in [0.05, 0.1) is 4.90 Å². The molecule has 1 saturated carbocycles. The van der Waals surface area contributed by atoms with Crippen LogP contribution in [0.5, 0.6) is 0 Å². The van der Waals surface area contributed by atoms with E-state index in [0.717, 1.165) is 19.3 Å². The molecular weight excluding hydrogens is 224 g/mol. The molecule has 0 aliphatic heterocycles. The third-order valence-electron chi connectivity index (χ3n) is 3.15. The molecule has 0 spiro atoms. The van der Waals surface area contributed by atoms with Crippen LogP contribution in [0.4, 0.5) is 5.69 Å². The van der Waals surface area contributed by atoms with E-state index >= 15 is 0 Å². The summed E-state index contributed by atoms with van der Waals surface area (Å²) < 4.78 is 25.8. The molecule has 0 bridgehead atoms. The van der Waals surface area contributed by atoms with Gasteiger partial charge in [0, 0.05) is 18.8 Å². The molecule has 0 heterocycles. The van der Waals surface area contributed by atoms with E-state index in [2.05, 4.69) is 0 Å². The lowest BCUT2D eigenvalue weighted by molar-refractivity contribution is 0.249. The molecular formula is C11H16N2O2S. The third-order valence-corrected chi connectivity index (χ3v) is 5.07. The number of nitrogens with zero attached hydrogens (tertiary/aromatic N) is 1. The molecule has 1 aliphatic carbocycles. The van der Waals surface area contributed by atoms with E-state index < -0.39 is 10.0 Å². The number of hydrogen-bond acceptors (Lipinski definition) is 3. The maximum absolute atomic E-state index is 12.2. The normalized spacial score (nSPS) is 17.4. The van der Waals surface area contributed by atoms with Crippen molar-refractivity contribution in [2.75, 3.05) is 12.8 Å². The van der Waals surface area contributed by atoms with E-state index in [9.17, 15) is 8.42 Å². The predicted octanol–water partition coefficient (Wildman–Crippen LogP) is 1.44. The maximum atomic E-state index is 12.2. The molecule has 1 fully saturated rings. The quantitative estimate of drug-likeness (QED) is 0.813. The Balaban J connectivity index is 2.27. The lowest BCUT2D eigenvalue weighted by Gasteiger charge is -2.33. The van der Waals surface area contributed by atoms with Crippen molar-refractivity contribution in [3.05, 3.63) is 24.3 Å². The van der Waals surface area contributed by atoms with Crippen molar-refractivity contribution in [3.8, 4) is 0 Å². The fourth-order valence-electron chi connectivity index (χ4n) is 1.75. The largest absolute Gasteiger partial charge is 0.399 e. The molecule has 0 amide bonds. The minimum absolute atomic E-state index is 0.169. The Morgan fingerprint density at radius 2 is 1.81 bits per heavy atom. The van der Waals surface area contributed by atoms with Gasteiger partial charge >= 0.3 is 0 Å². The van der Waals surface area contributed by atoms with Gasteiger partial charge in [0.15, 0.2) is 0 Å². The topological polar surface area (TPSA) is 63.4 Å². The van der Waals surface area contributed by atoms with Crippen molar-refractivity contribution in [2.24, 2.45) is 0 Å². The molecule has 0 saturated heterocycles. The molecule has 0 aromatic heterocycles. The van der Waals surface area contributed by atoms with Crippen LogP contribution in [0.25, 0.3) is 0 Å². The molecule has 2 rings (SSSR count). The number of nitrogens with two attached hydrogens (primary N) is 1. The predicted molar refractivity (Wildman–Crippen MR) is 63.4 cm³/mol. The number of hydrogen-bond donors (Lipinski definition) is 1. The molecule has 16 heavy (non-hydrogen) atoms. The SMILES string of the molecule is CN(C1CCC1)S(=O)(=O)c1ccc(N)cc1. The van der Waals surface area contributed by atoms with Crippen LogP contribution in [0.15, 0.2) is 29.2 Å². The van der Waals surface area contributed by atoms with Gasteiger partial charge in [-0.3, -0.25) is 0 Å². The van der Waals surface area contributed by atoms with Crippen LogP contribution in [0, 0.1) is 0 Å². The first-order chi connectivity index (χ1) is 7.51. The van der Waals surface area contributed by atoms with Gasteiger partial charge in [-0.1, -0.05) is 6.42 Å². The third kappa shape index (κ3) is 1.92. The van der Waals surface area contributed by atoms with Gasteiger partial charge in [0.25, 0.3) is 0 Å². The van der Waals surface area contributed by atoms with Crippen molar-refractivity contribution in [1.82, 2.24) is 4.31 Å². The van der Waals surface area contributed by atoms with Crippen molar-refractivity contribution < 1.29 is 8.42 Å². The Labute approximate surface area is 96.1 Å². The summed E-state index contributed by atoms with van der Waals surface area (Å²) in [6.45, 7) is 0. The van der Waals surface area contributed by atoms with Crippen molar-refractivity contribution >= 4 is 15.7 Å². The van der Waals surface area contributed by atoms with E-state index in [1.54, 1.807) is 31.3 Å². The van der Waals surface area contributed by atoms with E-state index in [1.807, 2.05) is 0 Å². The first-order valence-electron chi connectivity index (χ1n) is 5.35. The second-order valence-corrected chi connectivity index (χ2v) is 6.17. The van der Waals surface area contributed by atoms with Gasteiger partial charge < -0.3 is 5.73 Å². The summed E-state index contributed by atoms with van der Waals surface area (Å²) in [6, 6.07) is 6.51. The van der Waals surface area contributed by atoms with Crippen molar-refractivity contribution in [3.63, 3.8) is 0 Å². The Hall–Kier alpha value is -1.07. The number of benzene rings is 1. The molecule has 0 atom stereocenters. The van der Waals surface area contributed by atoms with Crippen LogP contribution in [-0.2, 0) is 10.0 Å². The number of sulfonamides is 1. The van der Waals surface area contributed by atoms with Gasteiger partial charge in [0.1, 0.15) is 0 Å². The molecule has 1 aromatic carbocycles. The van der Waals surface area contributed by atoms with E-state index in [4.69, 9.17) is 5.73 Å². The summed E-state index contributed by atoms with van der Waals surface area (Å²) in [7, 11) is -1.69. The van der Waals surface area contributed by atoms with Crippen LogP contribution in [-0.4, -0.2) is 25.8 Å². The highest BCUT2D eigenvalue weighted by molar-refractivity contribution is 7.89. The molecule has 5 heteroatoms. The van der Waals surface area contributed by atoms with E-state index in [1.165, 1.54) is 4.31 Å². The van der Waals surface area contributed by atoms with Gasteiger partial charge in [-0.05, 0) is 37.1 Å². The molecule has 4 nitrogen and oxygen atoms in total. The van der Waals surface area contributed by atoms with Gasteiger partial charge in [-0.25, -0.2) is 8.42 Å². The molecule has 2 N–H and O–H groups in total. The van der Waals surface area contributed by atoms with Gasteiger partial charge in [-0.15, -0.1) is 0 Å². The minimum atomic E-state index is -3.34. The number of rotatable bonds is 3. The van der Waals surface area contributed by atoms with Crippen LogP contribution in [0.2, 0.25) is 0 Å². The van der Waals surface area contributed by atoms with Crippen molar-refractivity contribution in [1.29, 1.82) is 0 Å². The number of anilines is 1. The Morgan fingerprint density at radius 1 is 1.25 bits per heavy atom. The summed E-state index contributed by atoms with van der Waals surface area (Å²) in [5.74, 6) is 0. The highest BCUT2D eigenvalue weighted by Gasteiger charge is 2.31. The van der Waals surface area contributed by atoms with Crippen molar-refractivity contribution in [2.45, 2.75) is 30.2 Å². The maximum Gasteiger partial charge on any atom is 0.243 e. The summed E-state index contributed by atoms with van der Waals surface area (Å²) in [4.78, 5) is 0.316. The van der Waals surface area contributed by atoms with E-state index in [-0.39, 0.29) is 6.04 Å². The zero-order chi connectivity index (χ0) is 11.8. The Morgan fingerprint density at radius 3 is 2.25 bits per heavy atom. The van der Waals surface area contributed by atoms with Gasteiger partial charge in [-0.2, -0.15) is 4.31 Å². The fourth-order valence-corrected chi connectivity index (χ4v) is 3.17. The lowest BCUT2D eigenvalue weighted by atomic mass is 9.94. The Bertz CT molecular complexity index is 463. The van der Waals surface area contributed by atoms with Gasteiger partial charge in [0.2, 0.25) is 10.0 Å².